The molecule has 4 nitrogen and oxygen atoms in total. The molecular weight excluding hydrogens is 240 g/mol. The molecule has 0 amide bonds. The van der Waals surface area contributed by atoms with Crippen LogP contribution < -0.4 is 9.47 Å². The quantitative estimate of drug-likeness (QED) is 0.600. The van der Waals surface area contributed by atoms with Gasteiger partial charge in [0.15, 0.2) is 11.5 Å². The van der Waals surface area contributed by atoms with E-state index in [0.29, 0.717) is 23.1 Å². The molecule has 0 spiro atoms. The van der Waals surface area contributed by atoms with E-state index in [1.165, 1.54) is 0 Å². The van der Waals surface area contributed by atoms with Crippen molar-refractivity contribution in [3.63, 3.8) is 0 Å². The van der Waals surface area contributed by atoms with Crippen LogP contribution in [0.2, 0.25) is 5.02 Å². The molecule has 0 radical (unpaired) electrons. The third-order valence-corrected chi connectivity index (χ3v) is 2.25. The van der Waals surface area contributed by atoms with E-state index in [4.69, 9.17) is 21.1 Å². The summed E-state index contributed by atoms with van der Waals surface area (Å²) in [5.41, 5.74) is 0.868. The second-order valence-electron chi connectivity index (χ2n) is 3.56. The lowest BCUT2D eigenvalue weighted by molar-refractivity contribution is 0.311. The Morgan fingerprint density at radius 1 is 1.41 bits per heavy atom. The van der Waals surface area contributed by atoms with Gasteiger partial charge < -0.3 is 14.5 Å². The molecule has 1 aromatic carbocycles. The van der Waals surface area contributed by atoms with Crippen molar-refractivity contribution in [1.29, 1.82) is 0 Å². The van der Waals surface area contributed by atoms with Crippen LogP contribution in [0.3, 0.4) is 0 Å². The maximum atomic E-state index is 6.11. The number of hydrazone groups is 1. The van der Waals surface area contributed by atoms with E-state index in [1.807, 2.05) is 27.1 Å². The molecule has 0 unspecified atom stereocenters. The van der Waals surface area contributed by atoms with Crippen molar-refractivity contribution < 1.29 is 9.47 Å². The Balaban J connectivity index is 3.10. The summed E-state index contributed by atoms with van der Waals surface area (Å²) in [7, 11) is 5.27. The van der Waals surface area contributed by atoms with E-state index in [2.05, 4.69) is 5.10 Å². The fraction of sp³-hybridized carbons (Fsp3) is 0.417. The molecule has 17 heavy (non-hydrogen) atoms. The van der Waals surface area contributed by atoms with Gasteiger partial charge in [0.25, 0.3) is 0 Å². The highest BCUT2D eigenvalue weighted by molar-refractivity contribution is 6.32. The van der Waals surface area contributed by atoms with E-state index in [0.717, 1.165) is 5.56 Å². The van der Waals surface area contributed by atoms with Crippen LogP contribution in [0.4, 0.5) is 0 Å². The molecule has 0 saturated carbocycles. The predicted octanol–water partition coefficient (Wildman–Crippen LogP) is 2.64. The van der Waals surface area contributed by atoms with E-state index in [9.17, 15) is 0 Å². The van der Waals surface area contributed by atoms with Crippen molar-refractivity contribution in [3.8, 4) is 11.5 Å². The number of hydrogen-bond acceptors (Lipinski definition) is 4. The van der Waals surface area contributed by atoms with E-state index in [1.54, 1.807) is 24.4 Å². The van der Waals surface area contributed by atoms with Crippen molar-refractivity contribution in [2.45, 2.75) is 6.92 Å². The lowest BCUT2D eigenvalue weighted by Crippen LogP contribution is -2.02. The summed E-state index contributed by atoms with van der Waals surface area (Å²) < 4.78 is 10.7. The Hall–Kier alpha value is -1.42. The molecular formula is C12H17ClN2O2. The summed E-state index contributed by atoms with van der Waals surface area (Å²) in [5.74, 6) is 1.18. The van der Waals surface area contributed by atoms with Gasteiger partial charge in [-0.15, -0.1) is 0 Å². The summed E-state index contributed by atoms with van der Waals surface area (Å²) >= 11 is 6.11. The second kappa shape index (κ2) is 6.35. The molecule has 5 heteroatoms. The Morgan fingerprint density at radius 3 is 2.65 bits per heavy atom. The van der Waals surface area contributed by atoms with E-state index >= 15 is 0 Å². The van der Waals surface area contributed by atoms with Crippen LogP contribution in [0.1, 0.15) is 12.5 Å². The van der Waals surface area contributed by atoms with Gasteiger partial charge >= 0.3 is 0 Å². The Bertz CT molecular complexity index is 406. The van der Waals surface area contributed by atoms with Crippen LogP contribution in [0.5, 0.6) is 11.5 Å². The first-order valence-electron chi connectivity index (χ1n) is 5.30. The zero-order valence-electron chi connectivity index (χ0n) is 10.5. The number of nitrogens with zero attached hydrogens (tertiary/aromatic N) is 2. The van der Waals surface area contributed by atoms with E-state index < -0.39 is 0 Å². The smallest absolute Gasteiger partial charge is 0.179 e. The SMILES string of the molecule is CCOc1cc(/C=N/N(C)C)cc(Cl)c1OC. The number of ether oxygens (including phenoxy) is 2. The van der Waals surface area contributed by atoms with E-state index in [-0.39, 0.29) is 0 Å². The largest absolute Gasteiger partial charge is 0.491 e. The lowest BCUT2D eigenvalue weighted by atomic mass is 10.2. The molecule has 0 N–H and O–H groups in total. The molecule has 0 bridgehead atoms. The summed E-state index contributed by atoms with van der Waals surface area (Å²) in [4.78, 5) is 0. The number of halogens is 1. The van der Waals surface area contributed by atoms with Crippen LogP contribution >= 0.6 is 11.6 Å². The van der Waals surface area contributed by atoms with Gasteiger partial charge in [-0.2, -0.15) is 5.10 Å². The maximum absolute atomic E-state index is 6.11. The molecule has 1 rings (SSSR count). The van der Waals surface area contributed by atoms with Crippen LogP contribution in [0, 0.1) is 0 Å². The summed E-state index contributed by atoms with van der Waals surface area (Å²) in [6, 6.07) is 3.64. The van der Waals surface area contributed by atoms with Gasteiger partial charge in [0.05, 0.1) is 25.0 Å². The van der Waals surface area contributed by atoms with Crippen LogP contribution in [-0.4, -0.2) is 39.0 Å². The van der Waals surface area contributed by atoms with Crippen LogP contribution in [0.25, 0.3) is 0 Å². The highest BCUT2D eigenvalue weighted by Gasteiger charge is 2.10. The number of hydrogen-bond donors (Lipinski definition) is 0. The lowest BCUT2D eigenvalue weighted by Gasteiger charge is -2.11. The van der Waals surface area contributed by atoms with Crippen molar-refractivity contribution in [2.24, 2.45) is 5.10 Å². The van der Waals surface area contributed by atoms with Crippen molar-refractivity contribution >= 4 is 17.8 Å². The normalized spacial score (nSPS) is 10.6. The second-order valence-corrected chi connectivity index (χ2v) is 3.97. The van der Waals surface area contributed by atoms with Crippen LogP contribution in [-0.2, 0) is 0 Å². The summed E-state index contributed by atoms with van der Waals surface area (Å²) in [5, 5.41) is 6.37. The molecule has 1 aromatic rings. The Kier molecular flexibility index (Phi) is 5.10. The third-order valence-electron chi connectivity index (χ3n) is 1.97. The standard InChI is InChI=1S/C12H17ClN2O2/c1-5-17-11-7-9(8-14-15(2)3)6-10(13)12(11)16-4/h6-8H,5H2,1-4H3/b14-8+. The van der Waals surface area contributed by atoms with Gasteiger partial charge in [-0.05, 0) is 24.6 Å². The third kappa shape index (κ3) is 3.82. The Morgan fingerprint density at radius 2 is 2.12 bits per heavy atom. The van der Waals surface area contributed by atoms with Crippen molar-refractivity contribution in [3.05, 3.63) is 22.7 Å². The Labute approximate surface area is 107 Å². The summed E-state index contributed by atoms with van der Waals surface area (Å²) in [6.07, 6.45) is 1.72. The van der Waals surface area contributed by atoms with Gasteiger partial charge in [-0.3, -0.25) is 0 Å². The highest BCUT2D eigenvalue weighted by Crippen LogP contribution is 2.35. The molecule has 0 aromatic heterocycles. The maximum Gasteiger partial charge on any atom is 0.179 e. The number of benzene rings is 1. The first-order valence-corrected chi connectivity index (χ1v) is 5.68. The highest BCUT2D eigenvalue weighted by atomic mass is 35.5. The monoisotopic (exact) mass is 256 g/mol. The molecule has 0 aliphatic heterocycles. The molecule has 0 aliphatic carbocycles. The minimum Gasteiger partial charge on any atom is -0.491 e. The van der Waals surface area contributed by atoms with Gasteiger partial charge in [0.1, 0.15) is 0 Å². The molecule has 0 aliphatic rings. The minimum absolute atomic E-state index is 0.513. The number of rotatable bonds is 5. The van der Waals surface area contributed by atoms with Crippen LogP contribution in [0.15, 0.2) is 17.2 Å². The fourth-order valence-electron chi connectivity index (χ4n) is 1.31. The molecule has 0 heterocycles. The first-order chi connectivity index (χ1) is 8.08. The van der Waals surface area contributed by atoms with Crippen molar-refractivity contribution in [2.75, 3.05) is 27.8 Å². The molecule has 0 fully saturated rings. The topological polar surface area (TPSA) is 34.1 Å². The molecule has 0 saturated heterocycles. The minimum atomic E-state index is 0.513. The molecule has 94 valence electrons. The zero-order valence-corrected chi connectivity index (χ0v) is 11.3. The average Bonchev–Trinajstić information content (AvgIpc) is 2.26. The van der Waals surface area contributed by atoms with Gasteiger partial charge in [-0.1, -0.05) is 11.6 Å². The van der Waals surface area contributed by atoms with Gasteiger partial charge in [0, 0.05) is 14.1 Å². The van der Waals surface area contributed by atoms with Crippen molar-refractivity contribution in [1.82, 2.24) is 5.01 Å². The van der Waals surface area contributed by atoms with Gasteiger partial charge in [0.2, 0.25) is 0 Å². The fourth-order valence-corrected chi connectivity index (χ4v) is 1.60. The van der Waals surface area contributed by atoms with Gasteiger partial charge in [-0.25, -0.2) is 0 Å². The first kappa shape index (κ1) is 13.6. The predicted molar refractivity (Wildman–Crippen MR) is 70.5 cm³/mol. The molecule has 0 atom stereocenters. The average molecular weight is 257 g/mol. The zero-order chi connectivity index (χ0) is 12.8. The summed E-state index contributed by atoms with van der Waals surface area (Å²) in [6.45, 7) is 2.47. The number of methoxy groups -OCH3 is 1.